The van der Waals surface area contributed by atoms with E-state index in [1.165, 1.54) is 11.1 Å². The van der Waals surface area contributed by atoms with Gasteiger partial charge in [-0.25, -0.2) is 0 Å². The summed E-state index contributed by atoms with van der Waals surface area (Å²) in [6.07, 6.45) is 0. The Morgan fingerprint density at radius 1 is 0.765 bits per heavy atom. The van der Waals surface area contributed by atoms with Crippen LogP contribution in [-0.2, 0) is 4.74 Å². The van der Waals surface area contributed by atoms with Gasteiger partial charge in [-0.05, 0) is 11.1 Å². The second-order valence-corrected chi connectivity index (χ2v) is 3.95. The number of methoxy groups -OCH3 is 1. The molecule has 0 amide bonds. The van der Waals surface area contributed by atoms with Gasteiger partial charge in [-0.3, -0.25) is 0 Å². The highest BCUT2D eigenvalue weighted by Gasteiger charge is 2.05. The minimum atomic E-state index is 0. The third kappa shape index (κ3) is 4.41. The monoisotopic (exact) mass is 230 g/mol. The van der Waals surface area contributed by atoms with Gasteiger partial charge in [0.15, 0.2) is 0 Å². The Hall–Kier alpha value is -1.60. The van der Waals surface area contributed by atoms with Gasteiger partial charge in [0.1, 0.15) is 0 Å². The Kier molecular flexibility index (Phi) is 6.05. The first kappa shape index (κ1) is 13.5. The molecule has 2 rings (SSSR count). The summed E-state index contributed by atoms with van der Waals surface area (Å²) in [6.45, 7) is 2.24. The van der Waals surface area contributed by atoms with E-state index in [-0.39, 0.29) is 1.43 Å². The van der Waals surface area contributed by atoms with Crippen molar-refractivity contribution < 1.29 is 6.16 Å². The lowest BCUT2D eigenvalue weighted by Gasteiger charge is -2.11. The van der Waals surface area contributed by atoms with E-state index in [9.17, 15) is 0 Å². The van der Waals surface area contributed by atoms with Crippen molar-refractivity contribution in [2.45, 2.75) is 12.8 Å². The molecule has 0 fully saturated rings. The molecule has 0 aromatic heterocycles. The van der Waals surface area contributed by atoms with Crippen LogP contribution in [-0.4, -0.2) is 14.2 Å². The van der Waals surface area contributed by atoms with Crippen LogP contribution in [0.3, 0.4) is 0 Å². The Morgan fingerprint density at radius 2 is 1.06 bits per heavy atom. The Labute approximate surface area is 106 Å². The summed E-state index contributed by atoms with van der Waals surface area (Å²) in [5, 5.41) is 0. The Bertz CT molecular complexity index is 360. The van der Waals surface area contributed by atoms with E-state index >= 15 is 0 Å². The van der Waals surface area contributed by atoms with Crippen LogP contribution in [0.2, 0.25) is 0 Å². The van der Waals surface area contributed by atoms with E-state index < -0.39 is 0 Å². The summed E-state index contributed by atoms with van der Waals surface area (Å²) in [5.41, 5.74) is 2.75. The predicted octanol–water partition coefficient (Wildman–Crippen LogP) is 4.35. The van der Waals surface area contributed by atoms with E-state index in [4.69, 9.17) is 0 Å². The minimum absolute atomic E-state index is 0. The van der Waals surface area contributed by atoms with E-state index in [1.54, 1.807) is 14.2 Å². The van der Waals surface area contributed by atoms with Gasteiger partial charge in [0.05, 0.1) is 0 Å². The van der Waals surface area contributed by atoms with Gasteiger partial charge in [0.25, 0.3) is 0 Å². The summed E-state index contributed by atoms with van der Waals surface area (Å²) in [7, 11) is 3.25. The molecule has 0 heterocycles. The molecule has 0 aliphatic heterocycles. The van der Waals surface area contributed by atoms with Crippen molar-refractivity contribution in [3.05, 3.63) is 71.8 Å². The van der Waals surface area contributed by atoms with E-state index in [1.807, 2.05) is 0 Å². The fraction of sp³-hybridized carbons (Fsp3) is 0.250. The zero-order valence-corrected chi connectivity index (χ0v) is 10.8. The van der Waals surface area contributed by atoms with E-state index in [0.717, 1.165) is 0 Å². The highest BCUT2D eigenvalue weighted by Crippen LogP contribution is 2.22. The maximum atomic E-state index is 4.25. The molecule has 0 aliphatic rings. The molecule has 0 saturated heterocycles. The van der Waals surface area contributed by atoms with Crippen molar-refractivity contribution in [1.82, 2.24) is 0 Å². The highest BCUT2D eigenvalue weighted by molar-refractivity contribution is 5.31. The van der Waals surface area contributed by atoms with Gasteiger partial charge >= 0.3 is 0 Å². The fourth-order valence-electron chi connectivity index (χ4n) is 1.68. The zero-order chi connectivity index (χ0) is 12.5. The van der Waals surface area contributed by atoms with Crippen LogP contribution < -0.4 is 0 Å². The van der Waals surface area contributed by atoms with Crippen LogP contribution in [0.4, 0.5) is 0 Å². The molecule has 2 aromatic carbocycles. The molecular weight excluding hydrogens is 208 g/mol. The summed E-state index contributed by atoms with van der Waals surface area (Å²) in [5.74, 6) is 0.484. The van der Waals surface area contributed by atoms with Gasteiger partial charge in [0.2, 0.25) is 0 Å². The first-order valence-electron chi connectivity index (χ1n) is 5.79. The van der Waals surface area contributed by atoms with Crippen molar-refractivity contribution >= 4 is 0 Å². The van der Waals surface area contributed by atoms with Crippen molar-refractivity contribution in [1.29, 1.82) is 0 Å². The lowest BCUT2D eigenvalue weighted by molar-refractivity contribution is 0.277. The summed E-state index contributed by atoms with van der Waals surface area (Å²) in [6, 6.07) is 21.2. The summed E-state index contributed by atoms with van der Waals surface area (Å²) >= 11 is 0. The second kappa shape index (κ2) is 7.64. The molecule has 0 spiro atoms. The van der Waals surface area contributed by atoms with Gasteiger partial charge in [-0.1, -0.05) is 67.6 Å². The van der Waals surface area contributed by atoms with Crippen LogP contribution in [0.25, 0.3) is 0 Å². The number of ether oxygens (including phenoxy) is 1. The van der Waals surface area contributed by atoms with Crippen LogP contribution in [0.1, 0.15) is 25.4 Å². The normalized spacial score (nSPS) is 9.65. The molecular formula is C16H22O. The largest absolute Gasteiger partial charge is 0.388 e. The molecule has 0 bridgehead atoms. The maximum Gasteiger partial charge on any atom is 0.0351 e. The topological polar surface area (TPSA) is 9.23 Å². The molecule has 2 aromatic rings. The van der Waals surface area contributed by atoms with Gasteiger partial charge in [-0.15, -0.1) is 0 Å². The van der Waals surface area contributed by atoms with Crippen molar-refractivity contribution in [2.75, 3.05) is 14.2 Å². The number of hydrogen-bond acceptors (Lipinski definition) is 1. The van der Waals surface area contributed by atoms with E-state index in [2.05, 4.69) is 72.3 Å². The van der Waals surface area contributed by atoms with E-state index in [0.29, 0.717) is 5.92 Å². The third-order valence-corrected chi connectivity index (χ3v) is 2.60. The van der Waals surface area contributed by atoms with Crippen LogP contribution in [0.15, 0.2) is 60.7 Å². The molecule has 1 nitrogen and oxygen atoms in total. The lowest BCUT2D eigenvalue weighted by atomic mass is 9.93. The number of benzene rings is 2. The number of rotatable bonds is 2. The second-order valence-electron chi connectivity index (χ2n) is 3.95. The molecule has 0 unspecified atom stereocenters. The average molecular weight is 230 g/mol. The smallest absolute Gasteiger partial charge is 0.0351 e. The molecule has 1 heteroatoms. The molecule has 0 aliphatic carbocycles. The quantitative estimate of drug-likeness (QED) is 0.745. The third-order valence-electron chi connectivity index (χ3n) is 2.60. The summed E-state index contributed by atoms with van der Waals surface area (Å²) < 4.78 is 4.25. The zero-order valence-electron chi connectivity index (χ0n) is 10.8. The van der Waals surface area contributed by atoms with Gasteiger partial charge in [-0.2, -0.15) is 0 Å². The first-order valence-corrected chi connectivity index (χ1v) is 5.79. The minimum Gasteiger partial charge on any atom is -0.388 e. The van der Waals surface area contributed by atoms with Crippen LogP contribution in [0, 0.1) is 0 Å². The standard InChI is InChI=1S/C14H14.C2H6O.H2/c1-12(13-8-4-2-5-9-13)14-10-6-3-7-11-14;1-3-2;/h2-12H,1H3;1-2H3;1H. The molecule has 17 heavy (non-hydrogen) atoms. The van der Waals surface area contributed by atoms with Crippen molar-refractivity contribution in [2.24, 2.45) is 0 Å². The fourth-order valence-corrected chi connectivity index (χ4v) is 1.68. The lowest BCUT2D eigenvalue weighted by Crippen LogP contribution is -1.94. The Balaban J connectivity index is 0.000000660. The molecule has 0 saturated carbocycles. The van der Waals surface area contributed by atoms with Crippen LogP contribution >= 0.6 is 0 Å². The maximum absolute atomic E-state index is 4.25. The molecule has 0 radical (unpaired) electrons. The average Bonchev–Trinajstić information content (AvgIpc) is 2.41. The Morgan fingerprint density at radius 3 is 1.35 bits per heavy atom. The highest BCUT2D eigenvalue weighted by atomic mass is 16.4. The SMILES string of the molecule is CC(c1ccccc1)c1ccccc1.COC.[HH]. The number of hydrogen-bond donors (Lipinski definition) is 0. The van der Waals surface area contributed by atoms with Crippen molar-refractivity contribution in [3.63, 3.8) is 0 Å². The van der Waals surface area contributed by atoms with Gasteiger partial charge < -0.3 is 4.74 Å². The molecule has 0 atom stereocenters. The summed E-state index contributed by atoms with van der Waals surface area (Å²) in [4.78, 5) is 0. The van der Waals surface area contributed by atoms with Crippen molar-refractivity contribution in [3.8, 4) is 0 Å². The molecule has 0 N–H and O–H groups in total. The predicted molar refractivity (Wildman–Crippen MR) is 75.4 cm³/mol. The first-order chi connectivity index (χ1) is 8.29. The van der Waals surface area contributed by atoms with Crippen LogP contribution in [0.5, 0.6) is 0 Å². The van der Waals surface area contributed by atoms with Gasteiger partial charge in [0, 0.05) is 21.6 Å². The molecule has 92 valence electrons.